The smallest absolute Gasteiger partial charge is 0.240 e. The Morgan fingerprint density at radius 1 is 1.42 bits per heavy atom. The van der Waals surface area contributed by atoms with Crippen molar-refractivity contribution in [1.29, 1.82) is 0 Å². The van der Waals surface area contributed by atoms with Gasteiger partial charge in [0.2, 0.25) is 5.91 Å². The molecular weight excluding hydrogens is 260 g/mol. The van der Waals surface area contributed by atoms with E-state index in [1.54, 1.807) is 16.7 Å². The molecule has 1 aliphatic heterocycles. The Kier molecular flexibility index (Phi) is 3.06. The van der Waals surface area contributed by atoms with Crippen LogP contribution in [0.3, 0.4) is 0 Å². The minimum absolute atomic E-state index is 0.0668. The predicted molar refractivity (Wildman–Crippen MR) is 74.2 cm³/mol. The number of aryl methyl sites for hydroxylation is 1. The first-order valence-electron chi connectivity index (χ1n) is 6.14. The number of carbonyl (C=O) groups is 1. The number of carbonyl (C=O) groups excluding carboxylic acids is 1. The van der Waals surface area contributed by atoms with Crippen molar-refractivity contribution in [3.63, 3.8) is 0 Å². The first-order valence-corrected chi connectivity index (χ1v) is 7.02. The zero-order valence-corrected chi connectivity index (χ0v) is 11.6. The Hall–Kier alpha value is -1.75. The third kappa shape index (κ3) is 2.26. The fourth-order valence-electron chi connectivity index (χ4n) is 2.18. The minimum Gasteiger partial charge on any atom is -0.361 e. The third-order valence-electron chi connectivity index (χ3n) is 3.07. The van der Waals surface area contributed by atoms with E-state index in [1.807, 2.05) is 44.2 Å². The quantitative estimate of drug-likeness (QED) is 0.844. The lowest BCUT2D eigenvalue weighted by Crippen LogP contribution is -2.39. The molecule has 1 aliphatic rings. The Morgan fingerprint density at radius 2 is 2.21 bits per heavy atom. The molecule has 5 heteroatoms. The van der Waals surface area contributed by atoms with Crippen LogP contribution in [0.1, 0.15) is 18.4 Å². The third-order valence-corrected chi connectivity index (χ3v) is 4.22. The molecule has 0 saturated heterocycles. The molecule has 4 nitrogen and oxygen atoms in total. The summed E-state index contributed by atoms with van der Waals surface area (Å²) < 4.78 is 5.06. The van der Waals surface area contributed by atoms with Crippen LogP contribution in [0.2, 0.25) is 0 Å². The van der Waals surface area contributed by atoms with Crippen LogP contribution in [-0.4, -0.2) is 16.3 Å². The molecule has 0 fully saturated rings. The molecule has 1 aromatic carbocycles. The van der Waals surface area contributed by atoms with E-state index in [9.17, 15) is 4.79 Å². The van der Waals surface area contributed by atoms with Crippen LogP contribution in [0.4, 0.5) is 5.69 Å². The van der Waals surface area contributed by atoms with E-state index < -0.39 is 0 Å². The van der Waals surface area contributed by atoms with E-state index in [2.05, 4.69) is 5.16 Å². The summed E-state index contributed by atoms with van der Waals surface area (Å²) in [6, 6.07) is 9.82. The Bertz CT molecular complexity index is 623. The highest BCUT2D eigenvalue weighted by atomic mass is 32.2. The van der Waals surface area contributed by atoms with Crippen molar-refractivity contribution >= 4 is 23.4 Å². The van der Waals surface area contributed by atoms with E-state index in [4.69, 9.17) is 4.52 Å². The van der Waals surface area contributed by atoms with Crippen molar-refractivity contribution in [1.82, 2.24) is 5.16 Å². The molecule has 2 heterocycles. The summed E-state index contributed by atoms with van der Waals surface area (Å²) >= 11 is 1.60. The zero-order valence-electron chi connectivity index (χ0n) is 10.8. The fraction of sp³-hybridized carbons (Fsp3) is 0.286. The SMILES string of the molecule is Cc1cc(CN2C(=O)C(C)Sc3ccccc32)no1. The largest absolute Gasteiger partial charge is 0.361 e. The van der Waals surface area contributed by atoms with Gasteiger partial charge in [-0.05, 0) is 26.0 Å². The van der Waals surface area contributed by atoms with Crippen molar-refractivity contribution in [2.75, 3.05) is 4.90 Å². The van der Waals surface area contributed by atoms with Gasteiger partial charge < -0.3 is 9.42 Å². The standard InChI is InChI=1S/C14H14N2O2S/c1-9-7-11(15-18-9)8-16-12-5-3-4-6-13(12)19-10(2)14(16)17/h3-7,10H,8H2,1-2H3. The van der Waals surface area contributed by atoms with Crippen LogP contribution in [0.15, 0.2) is 39.8 Å². The summed E-state index contributed by atoms with van der Waals surface area (Å²) in [6.45, 7) is 4.24. The maximum Gasteiger partial charge on any atom is 0.240 e. The summed E-state index contributed by atoms with van der Waals surface area (Å²) in [5, 5.41) is 3.90. The molecule has 1 aromatic heterocycles. The van der Waals surface area contributed by atoms with Crippen LogP contribution in [0.5, 0.6) is 0 Å². The number of amides is 1. The van der Waals surface area contributed by atoms with Crippen LogP contribution in [-0.2, 0) is 11.3 Å². The molecule has 0 bridgehead atoms. The minimum atomic E-state index is -0.0668. The molecule has 1 amide bonds. The van der Waals surface area contributed by atoms with Gasteiger partial charge in [-0.2, -0.15) is 0 Å². The zero-order chi connectivity index (χ0) is 13.4. The topological polar surface area (TPSA) is 46.3 Å². The molecule has 1 atom stereocenters. The van der Waals surface area contributed by atoms with Crippen molar-refractivity contribution in [3.8, 4) is 0 Å². The predicted octanol–water partition coefficient (Wildman–Crippen LogP) is 3.01. The number of hydrogen-bond donors (Lipinski definition) is 0. The first-order chi connectivity index (χ1) is 9.15. The number of aromatic nitrogens is 1. The van der Waals surface area contributed by atoms with Crippen molar-refractivity contribution < 1.29 is 9.32 Å². The summed E-state index contributed by atoms with van der Waals surface area (Å²) in [5.41, 5.74) is 1.73. The van der Waals surface area contributed by atoms with Crippen molar-refractivity contribution in [2.24, 2.45) is 0 Å². The molecule has 1 unspecified atom stereocenters. The lowest BCUT2D eigenvalue weighted by atomic mass is 10.2. The number of para-hydroxylation sites is 1. The second-order valence-electron chi connectivity index (χ2n) is 4.58. The number of nitrogens with zero attached hydrogens (tertiary/aromatic N) is 2. The van der Waals surface area contributed by atoms with Gasteiger partial charge in [-0.3, -0.25) is 4.79 Å². The lowest BCUT2D eigenvalue weighted by Gasteiger charge is -2.31. The molecule has 0 spiro atoms. The fourth-order valence-corrected chi connectivity index (χ4v) is 3.24. The number of fused-ring (bicyclic) bond motifs is 1. The summed E-state index contributed by atoms with van der Waals surface area (Å²) in [6.07, 6.45) is 0. The molecule has 0 N–H and O–H groups in total. The molecule has 0 radical (unpaired) electrons. The molecule has 98 valence electrons. The number of thioether (sulfide) groups is 1. The Morgan fingerprint density at radius 3 is 2.95 bits per heavy atom. The number of hydrogen-bond acceptors (Lipinski definition) is 4. The van der Waals surface area contributed by atoms with Gasteiger partial charge in [0.25, 0.3) is 0 Å². The van der Waals surface area contributed by atoms with Crippen molar-refractivity contribution in [2.45, 2.75) is 30.5 Å². The number of rotatable bonds is 2. The monoisotopic (exact) mass is 274 g/mol. The van der Waals surface area contributed by atoms with E-state index in [1.165, 1.54) is 0 Å². The summed E-state index contributed by atoms with van der Waals surface area (Å²) in [5.74, 6) is 0.875. The van der Waals surface area contributed by atoms with Crippen LogP contribution >= 0.6 is 11.8 Å². The van der Waals surface area contributed by atoms with Gasteiger partial charge in [-0.15, -0.1) is 11.8 Å². The van der Waals surface area contributed by atoms with E-state index >= 15 is 0 Å². The second-order valence-corrected chi connectivity index (χ2v) is 5.96. The van der Waals surface area contributed by atoms with Gasteiger partial charge in [0.15, 0.2) is 0 Å². The van der Waals surface area contributed by atoms with Crippen molar-refractivity contribution in [3.05, 3.63) is 41.8 Å². The number of benzene rings is 1. The lowest BCUT2D eigenvalue weighted by molar-refractivity contribution is -0.118. The summed E-state index contributed by atoms with van der Waals surface area (Å²) in [7, 11) is 0. The Balaban J connectivity index is 1.96. The highest BCUT2D eigenvalue weighted by Gasteiger charge is 2.30. The van der Waals surface area contributed by atoms with Gasteiger partial charge in [0, 0.05) is 11.0 Å². The molecule has 0 aliphatic carbocycles. The average Bonchev–Trinajstić information content (AvgIpc) is 2.80. The molecule has 0 saturated carbocycles. The second kappa shape index (κ2) is 4.74. The van der Waals surface area contributed by atoms with Crippen LogP contribution < -0.4 is 4.90 Å². The maximum atomic E-state index is 12.3. The maximum absolute atomic E-state index is 12.3. The molecular formula is C14H14N2O2S. The van der Waals surface area contributed by atoms with Gasteiger partial charge in [0.05, 0.1) is 17.5 Å². The van der Waals surface area contributed by atoms with Gasteiger partial charge in [-0.1, -0.05) is 17.3 Å². The van der Waals surface area contributed by atoms with Crippen LogP contribution in [0, 0.1) is 6.92 Å². The normalized spacial score (nSPS) is 18.5. The van der Waals surface area contributed by atoms with Gasteiger partial charge in [-0.25, -0.2) is 0 Å². The molecule has 2 aromatic rings. The van der Waals surface area contributed by atoms with E-state index in [0.29, 0.717) is 6.54 Å². The first kappa shape index (κ1) is 12.3. The average molecular weight is 274 g/mol. The summed E-state index contributed by atoms with van der Waals surface area (Å²) in [4.78, 5) is 15.3. The van der Waals surface area contributed by atoms with Crippen LogP contribution in [0.25, 0.3) is 0 Å². The highest BCUT2D eigenvalue weighted by Crippen LogP contribution is 2.39. The molecule has 19 heavy (non-hydrogen) atoms. The Labute approximate surface area is 115 Å². The van der Waals surface area contributed by atoms with Gasteiger partial charge >= 0.3 is 0 Å². The van der Waals surface area contributed by atoms with Gasteiger partial charge in [0.1, 0.15) is 11.5 Å². The molecule has 3 rings (SSSR count). The highest BCUT2D eigenvalue weighted by molar-refractivity contribution is 8.00. The number of anilines is 1. The van der Waals surface area contributed by atoms with E-state index in [-0.39, 0.29) is 11.2 Å². The van der Waals surface area contributed by atoms with E-state index in [0.717, 1.165) is 22.0 Å².